The Morgan fingerprint density at radius 1 is 1.38 bits per heavy atom. The van der Waals surface area contributed by atoms with Gasteiger partial charge < -0.3 is 5.32 Å². The van der Waals surface area contributed by atoms with Gasteiger partial charge in [0.05, 0.1) is 0 Å². The zero-order valence-electron chi connectivity index (χ0n) is 8.24. The SMILES string of the molecule is CC(=O)NCC1(CCl)CCCCC1. The number of carbonyl (C=O) groups is 1. The Balaban J connectivity index is 2.42. The van der Waals surface area contributed by atoms with E-state index in [9.17, 15) is 4.79 Å². The lowest BCUT2D eigenvalue weighted by atomic mass is 9.75. The van der Waals surface area contributed by atoms with Gasteiger partial charge in [0.15, 0.2) is 0 Å². The van der Waals surface area contributed by atoms with Crippen LogP contribution in [-0.4, -0.2) is 18.3 Å². The largest absolute Gasteiger partial charge is 0.356 e. The molecular weight excluding hydrogens is 186 g/mol. The predicted octanol–water partition coefficient (Wildman–Crippen LogP) is 2.31. The van der Waals surface area contributed by atoms with Crippen LogP contribution in [-0.2, 0) is 4.79 Å². The van der Waals surface area contributed by atoms with E-state index in [0.29, 0.717) is 5.88 Å². The van der Waals surface area contributed by atoms with E-state index in [1.807, 2.05) is 0 Å². The first-order chi connectivity index (χ1) is 6.18. The molecule has 0 heterocycles. The summed E-state index contributed by atoms with van der Waals surface area (Å²) >= 11 is 5.97. The lowest BCUT2D eigenvalue weighted by Gasteiger charge is -2.35. The predicted molar refractivity (Wildman–Crippen MR) is 54.9 cm³/mol. The summed E-state index contributed by atoms with van der Waals surface area (Å²) in [6, 6.07) is 0. The average molecular weight is 204 g/mol. The van der Waals surface area contributed by atoms with E-state index in [2.05, 4.69) is 5.32 Å². The zero-order chi connectivity index (χ0) is 9.73. The Morgan fingerprint density at radius 3 is 2.46 bits per heavy atom. The van der Waals surface area contributed by atoms with E-state index in [1.165, 1.54) is 19.3 Å². The van der Waals surface area contributed by atoms with Gasteiger partial charge in [0.2, 0.25) is 5.91 Å². The van der Waals surface area contributed by atoms with Crippen molar-refractivity contribution in [3.05, 3.63) is 0 Å². The van der Waals surface area contributed by atoms with Gasteiger partial charge in [0.1, 0.15) is 0 Å². The van der Waals surface area contributed by atoms with Gasteiger partial charge >= 0.3 is 0 Å². The number of rotatable bonds is 3. The average Bonchev–Trinajstić information content (AvgIpc) is 2.16. The van der Waals surface area contributed by atoms with Crippen molar-refractivity contribution in [1.82, 2.24) is 5.32 Å². The summed E-state index contributed by atoms with van der Waals surface area (Å²) in [7, 11) is 0. The van der Waals surface area contributed by atoms with Crippen molar-refractivity contribution in [3.8, 4) is 0 Å². The maximum Gasteiger partial charge on any atom is 0.216 e. The molecule has 0 radical (unpaired) electrons. The molecule has 13 heavy (non-hydrogen) atoms. The van der Waals surface area contributed by atoms with Crippen molar-refractivity contribution in [2.75, 3.05) is 12.4 Å². The lowest BCUT2D eigenvalue weighted by molar-refractivity contribution is -0.119. The second-order valence-corrected chi connectivity index (χ2v) is 4.37. The maximum atomic E-state index is 10.8. The van der Waals surface area contributed by atoms with E-state index in [0.717, 1.165) is 19.4 Å². The first kappa shape index (κ1) is 10.8. The number of hydrogen-bond acceptors (Lipinski definition) is 1. The van der Waals surface area contributed by atoms with Crippen molar-refractivity contribution < 1.29 is 4.79 Å². The minimum absolute atomic E-state index is 0.0510. The van der Waals surface area contributed by atoms with Crippen molar-refractivity contribution in [2.24, 2.45) is 5.41 Å². The highest BCUT2D eigenvalue weighted by molar-refractivity contribution is 6.18. The Kier molecular flexibility index (Phi) is 4.04. The van der Waals surface area contributed by atoms with Crippen molar-refractivity contribution in [1.29, 1.82) is 0 Å². The molecule has 0 spiro atoms. The standard InChI is InChI=1S/C10H18ClNO/c1-9(13)12-8-10(7-11)5-3-2-4-6-10/h2-8H2,1H3,(H,12,13). The van der Waals surface area contributed by atoms with Crippen molar-refractivity contribution in [2.45, 2.75) is 39.0 Å². The molecule has 0 aromatic carbocycles. The Hall–Kier alpha value is -0.240. The number of halogens is 1. The first-order valence-corrected chi connectivity index (χ1v) is 5.52. The Labute approximate surface area is 85.0 Å². The molecule has 1 rings (SSSR count). The van der Waals surface area contributed by atoms with E-state index in [-0.39, 0.29) is 11.3 Å². The number of hydrogen-bond donors (Lipinski definition) is 1. The van der Waals surface area contributed by atoms with Crippen LogP contribution in [0.2, 0.25) is 0 Å². The van der Waals surface area contributed by atoms with Gasteiger partial charge in [-0.1, -0.05) is 19.3 Å². The summed E-state index contributed by atoms with van der Waals surface area (Å²) in [6.45, 7) is 2.32. The fourth-order valence-electron chi connectivity index (χ4n) is 1.97. The van der Waals surface area contributed by atoms with E-state index < -0.39 is 0 Å². The Morgan fingerprint density at radius 2 is 2.00 bits per heavy atom. The molecule has 1 amide bonds. The van der Waals surface area contributed by atoms with Gasteiger partial charge in [0.25, 0.3) is 0 Å². The molecule has 0 bridgehead atoms. The topological polar surface area (TPSA) is 29.1 Å². The van der Waals surface area contributed by atoms with Crippen LogP contribution < -0.4 is 5.32 Å². The fourth-order valence-corrected chi connectivity index (χ4v) is 2.33. The monoisotopic (exact) mass is 203 g/mol. The van der Waals surface area contributed by atoms with Crippen LogP contribution in [0.25, 0.3) is 0 Å². The summed E-state index contributed by atoms with van der Waals surface area (Å²) in [6.07, 6.45) is 6.16. The maximum absolute atomic E-state index is 10.8. The summed E-state index contributed by atoms with van der Waals surface area (Å²) in [5, 5.41) is 2.88. The molecule has 1 saturated carbocycles. The van der Waals surface area contributed by atoms with Crippen LogP contribution in [0.4, 0.5) is 0 Å². The molecule has 0 unspecified atom stereocenters. The second-order valence-electron chi connectivity index (χ2n) is 4.10. The molecular formula is C10H18ClNO. The normalized spacial score (nSPS) is 21.1. The number of carbonyl (C=O) groups excluding carboxylic acids is 1. The molecule has 1 fully saturated rings. The van der Waals surface area contributed by atoms with Crippen molar-refractivity contribution in [3.63, 3.8) is 0 Å². The first-order valence-electron chi connectivity index (χ1n) is 4.99. The smallest absolute Gasteiger partial charge is 0.216 e. The van der Waals surface area contributed by atoms with Gasteiger partial charge in [0, 0.05) is 24.8 Å². The minimum Gasteiger partial charge on any atom is -0.356 e. The van der Waals surface area contributed by atoms with Gasteiger partial charge in [-0.25, -0.2) is 0 Å². The highest BCUT2D eigenvalue weighted by atomic mass is 35.5. The highest BCUT2D eigenvalue weighted by Gasteiger charge is 2.30. The molecule has 1 N–H and O–H groups in total. The van der Waals surface area contributed by atoms with Gasteiger partial charge in [-0.2, -0.15) is 0 Å². The third-order valence-electron chi connectivity index (χ3n) is 2.91. The third-order valence-corrected chi connectivity index (χ3v) is 3.48. The highest BCUT2D eigenvalue weighted by Crippen LogP contribution is 2.36. The van der Waals surface area contributed by atoms with Crippen LogP contribution >= 0.6 is 11.6 Å². The summed E-state index contributed by atoms with van der Waals surface area (Å²) in [5.74, 6) is 0.725. The molecule has 0 atom stereocenters. The molecule has 1 aliphatic rings. The number of nitrogens with one attached hydrogen (secondary N) is 1. The summed E-state index contributed by atoms with van der Waals surface area (Å²) in [5.41, 5.74) is 0.186. The summed E-state index contributed by atoms with van der Waals surface area (Å²) < 4.78 is 0. The number of alkyl halides is 1. The molecule has 0 saturated heterocycles. The van der Waals surface area contributed by atoms with E-state index >= 15 is 0 Å². The van der Waals surface area contributed by atoms with Gasteiger partial charge in [-0.15, -0.1) is 11.6 Å². The Bertz CT molecular complexity index is 176. The van der Waals surface area contributed by atoms with Crippen molar-refractivity contribution >= 4 is 17.5 Å². The molecule has 2 nitrogen and oxygen atoms in total. The molecule has 76 valence electrons. The number of amides is 1. The van der Waals surface area contributed by atoms with Crippen LogP contribution in [0.1, 0.15) is 39.0 Å². The molecule has 0 aromatic rings. The fraction of sp³-hybridized carbons (Fsp3) is 0.900. The second kappa shape index (κ2) is 4.85. The van der Waals surface area contributed by atoms with E-state index in [4.69, 9.17) is 11.6 Å². The lowest BCUT2D eigenvalue weighted by Crippen LogP contribution is -2.39. The summed E-state index contributed by atoms with van der Waals surface area (Å²) in [4.78, 5) is 10.8. The third kappa shape index (κ3) is 3.18. The molecule has 3 heteroatoms. The molecule has 1 aliphatic carbocycles. The van der Waals surface area contributed by atoms with Gasteiger partial charge in [-0.3, -0.25) is 4.79 Å². The van der Waals surface area contributed by atoms with Crippen LogP contribution in [0.15, 0.2) is 0 Å². The van der Waals surface area contributed by atoms with Crippen LogP contribution in [0, 0.1) is 5.41 Å². The quantitative estimate of drug-likeness (QED) is 0.701. The molecule has 0 aromatic heterocycles. The zero-order valence-corrected chi connectivity index (χ0v) is 8.99. The minimum atomic E-state index is 0.0510. The van der Waals surface area contributed by atoms with Crippen LogP contribution in [0.5, 0.6) is 0 Å². The van der Waals surface area contributed by atoms with E-state index in [1.54, 1.807) is 6.92 Å². The van der Waals surface area contributed by atoms with Gasteiger partial charge in [-0.05, 0) is 12.8 Å². The van der Waals surface area contributed by atoms with Crippen LogP contribution in [0.3, 0.4) is 0 Å². The molecule has 0 aliphatic heterocycles.